The van der Waals surface area contributed by atoms with Crippen LogP contribution in [0.2, 0.25) is 0 Å². The quantitative estimate of drug-likeness (QED) is 0.697. The summed E-state index contributed by atoms with van der Waals surface area (Å²) in [6, 6.07) is 15.3. The molecule has 8 nitrogen and oxygen atoms in total. The summed E-state index contributed by atoms with van der Waals surface area (Å²) in [4.78, 5) is 0.203. The van der Waals surface area contributed by atoms with E-state index in [0.29, 0.717) is 22.9 Å². The summed E-state index contributed by atoms with van der Waals surface area (Å²) in [5.41, 5.74) is 1.40. The van der Waals surface area contributed by atoms with Gasteiger partial charge in [0, 0.05) is 11.8 Å². The number of sulfonamides is 1. The van der Waals surface area contributed by atoms with Crippen LogP contribution in [-0.2, 0) is 10.0 Å². The highest BCUT2D eigenvalue weighted by Gasteiger charge is 2.17. The molecule has 0 bridgehead atoms. The summed E-state index contributed by atoms with van der Waals surface area (Å²) in [5, 5.41) is 11.0. The molecule has 0 saturated carbocycles. The fraction of sp³-hybridized carbons (Fsp3) is 0.111. The summed E-state index contributed by atoms with van der Waals surface area (Å²) in [6.45, 7) is 1.94. The van der Waals surface area contributed by atoms with E-state index in [9.17, 15) is 8.42 Å². The van der Waals surface area contributed by atoms with Gasteiger partial charge in [-0.1, -0.05) is 18.2 Å². The summed E-state index contributed by atoms with van der Waals surface area (Å²) in [7, 11) is -3.73. The van der Waals surface area contributed by atoms with Crippen LogP contribution in [0.1, 0.15) is 5.56 Å². The van der Waals surface area contributed by atoms with Gasteiger partial charge < -0.3 is 14.8 Å². The van der Waals surface area contributed by atoms with E-state index in [1.165, 1.54) is 6.07 Å². The van der Waals surface area contributed by atoms with Gasteiger partial charge in [0.1, 0.15) is 0 Å². The van der Waals surface area contributed by atoms with Crippen LogP contribution >= 0.6 is 0 Å². The van der Waals surface area contributed by atoms with Gasteiger partial charge in [0.15, 0.2) is 23.1 Å². The molecule has 2 aromatic carbocycles. The van der Waals surface area contributed by atoms with Gasteiger partial charge in [-0.25, -0.2) is 8.42 Å². The molecule has 138 valence electrons. The normalized spacial score (nSPS) is 12.6. The molecule has 0 spiro atoms. The number of rotatable bonds is 5. The SMILES string of the molecule is Cc1ccccc1S(=O)(=O)Nc1ccc(Nc2ccc3c(c2)OCO3)nn1. The number of hydrogen-bond donors (Lipinski definition) is 2. The fourth-order valence-electron chi connectivity index (χ4n) is 2.63. The molecule has 4 rings (SSSR count). The Morgan fingerprint density at radius 1 is 0.926 bits per heavy atom. The van der Waals surface area contributed by atoms with E-state index in [1.54, 1.807) is 49.4 Å². The lowest BCUT2D eigenvalue weighted by Crippen LogP contribution is -2.15. The summed E-state index contributed by atoms with van der Waals surface area (Å²) in [5.74, 6) is 1.94. The molecule has 0 radical (unpaired) electrons. The average molecular weight is 384 g/mol. The van der Waals surface area contributed by atoms with Gasteiger partial charge in [-0.2, -0.15) is 0 Å². The van der Waals surface area contributed by atoms with Gasteiger partial charge >= 0.3 is 0 Å². The molecule has 9 heteroatoms. The fourth-order valence-corrected chi connectivity index (χ4v) is 3.87. The van der Waals surface area contributed by atoms with Crippen LogP contribution in [0.4, 0.5) is 17.3 Å². The van der Waals surface area contributed by atoms with Gasteiger partial charge in [-0.05, 0) is 42.8 Å². The molecule has 2 N–H and O–H groups in total. The van der Waals surface area contributed by atoms with E-state index < -0.39 is 10.0 Å². The monoisotopic (exact) mass is 384 g/mol. The van der Waals surface area contributed by atoms with Crippen molar-refractivity contribution in [3.05, 3.63) is 60.2 Å². The molecule has 0 atom stereocenters. The van der Waals surface area contributed by atoms with E-state index in [4.69, 9.17) is 9.47 Å². The molecular formula is C18H16N4O4S. The van der Waals surface area contributed by atoms with E-state index in [2.05, 4.69) is 20.2 Å². The first-order valence-corrected chi connectivity index (χ1v) is 9.58. The number of fused-ring (bicyclic) bond motifs is 1. The summed E-state index contributed by atoms with van der Waals surface area (Å²) < 4.78 is 38.0. The van der Waals surface area contributed by atoms with E-state index in [-0.39, 0.29) is 17.5 Å². The zero-order chi connectivity index (χ0) is 18.9. The second kappa shape index (κ2) is 6.76. The number of nitrogens with one attached hydrogen (secondary N) is 2. The van der Waals surface area contributed by atoms with Gasteiger partial charge in [0.05, 0.1) is 4.90 Å². The van der Waals surface area contributed by atoms with Crippen molar-refractivity contribution < 1.29 is 17.9 Å². The van der Waals surface area contributed by atoms with Crippen LogP contribution in [0.25, 0.3) is 0 Å². The largest absolute Gasteiger partial charge is 0.454 e. The molecule has 0 fully saturated rings. The third-order valence-corrected chi connectivity index (χ3v) is 5.45. The highest BCUT2D eigenvalue weighted by molar-refractivity contribution is 7.92. The molecule has 3 aromatic rings. The smallest absolute Gasteiger partial charge is 0.263 e. The summed E-state index contributed by atoms with van der Waals surface area (Å²) in [6.07, 6.45) is 0. The Balaban J connectivity index is 1.48. The molecule has 1 aliphatic rings. The van der Waals surface area contributed by atoms with Gasteiger partial charge in [-0.15, -0.1) is 10.2 Å². The predicted octanol–water partition coefficient (Wildman–Crippen LogP) is 3.06. The van der Waals surface area contributed by atoms with Gasteiger partial charge in [-0.3, -0.25) is 4.72 Å². The first kappa shape index (κ1) is 17.1. The Bertz CT molecular complexity index is 1080. The predicted molar refractivity (Wildman–Crippen MR) is 99.9 cm³/mol. The molecule has 1 aromatic heterocycles. The standard InChI is InChI=1S/C18H16N4O4S/c1-12-4-2-3-5-16(12)27(23,24)22-18-9-8-17(20-21-18)19-13-6-7-14-15(10-13)26-11-25-14/h2-10H,11H2,1H3,(H,19,20)(H,21,22). The Labute approximate surface area is 156 Å². The third kappa shape index (κ3) is 3.63. The van der Waals surface area contributed by atoms with Crippen LogP contribution in [-0.4, -0.2) is 25.4 Å². The maximum absolute atomic E-state index is 12.5. The highest BCUT2D eigenvalue weighted by Crippen LogP contribution is 2.34. The van der Waals surface area contributed by atoms with Crippen molar-refractivity contribution in [1.29, 1.82) is 0 Å². The number of anilines is 3. The second-order valence-electron chi connectivity index (χ2n) is 5.87. The third-order valence-electron chi connectivity index (χ3n) is 3.93. The van der Waals surface area contributed by atoms with Crippen molar-refractivity contribution >= 4 is 27.3 Å². The first-order chi connectivity index (χ1) is 13.0. The molecule has 0 saturated heterocycles. The lowest BCUT2D eigenvalue weighted by molar-refractivity contribution is 0.174. The Morgan fingerprint density at radius 2 is 1.67 bits per heavy atom. The highest BCUT2D eigenvalue weighted by atomic mass is 32.2. The maximum Gasteiger partial charge on any atom is 0.263 e. The lowest BCUT2D eigenvalue weighted by Gasteiger charge is -2.10. The maximum atomic E-state index is 12.5. The second-order valence-corrected chi connectivity index (χ2v) is 7.52. The average Bonchev–Trinajstić information content (AvgIpc) is 3.11. The number of aryl methyl sites for hydroxylation is 1. The minimum absolute atomic E-state index is 0.134. The van der Waals surface area contributed by atoms with E-state index in [0.717, 1.165) is 5.69 Å². The van der Waals surface area contributed by atoms with E-state index in [1.807, 2.05) is 6.07 Å². The Morgan fingerprint density at radius 3 is 2.44 bits per heavy atom. The molecule has 0 amide bonds. The van der Waals surface area contributed by atoms with Gasteiger partial charge in [0.25, 0.3) is 10.0 Å². The molecule has 1 aliphatic heterocycles. The molecule has 27 heavy (non-hydrogen) atoms. The minimum Gasteiger partial charge on any atom is -0.454 e. The number of benzene rings is 2. The molecular weight excluding hydrogens is 368 g/mol. The van der Waals surface area contributed by atoms with Crippen LogP contribution in [0, 0.1) is 6.92 Å². The van der Waals surface area contributed by atoms with Crippen molar-refractivity contribution in [2.75, 3.05) is 16.8 Å². The molecule has 0 unspecified atom stereocenters. The number of nitrogens with zero attached hydrogens (tertiary/aromatic N) is 2. The Kier molecular flexibility index (Phi) is 4.28. The zero-order valence-electron chi connectivity index (χ0n) is 14.3. The van der Waals surface area contributed by atoms with Crippen molar-refractivity contribution in [2.24, 2.45) is 0 Å². The Hall–Kier alpha value is -3.33. The van der Waals surface area contributed by atoms with Crippen LogP contribution in [0.15, 0.2) is 59.5 Å². The van der Waals surface area contributed by atoms with Gasteiger partial charge in [0.2, 0.25) is 6.79 Å². The van der Waals surface area contributed by atoms with Crippen molar-refractivity contribution in [3.8, 4) is 11.5 Å². The van der Waals surface area contributed by atoms with Crippen molar-refractivity contribution in [2.45, 2.75) is 11.8 Å². The van der Waals surface area contributed by atoms with Crippen molar-refractivity contribution in [3.63, 3.8) is 0 Å². The first-order valence-electron chi connectivity index (χ1n) is 8.10. The number of hydrogen-bond acceptors (Lipinski definition) is 7. The lowest BCUT2D eigenvalue weighted by atomic mass is 10.2. The number of ether oxygens (including phenoxy) is 2. The van der Waals surface area contributed by atoms with Crippen LogP contribution < -0.4 is 19.5 Å². The zero-order valence-corrected chi connectivity index (χ0v) is 15.2. The van der Waals surface area contributed by atoms with Crippen LogP contribution in [0.5, 0.6) is 11.5 Å². The van der Waals surface area contributed by atoms with E-state index >= 15 is 0 Å². The summed E-state index contributed by atoms with van der Waals surface area (Å²) >= 11 is 0. The number of aromatic nitrogens is 2. The molecule has 0 aliphatic carbocycles. The molecule has 2 heterocycles. The van der Waals surface area contributed by atoms with Crippen molar-refractivity contribution in [1.82, 2.24) is 10.2 Å². The van der Waals surface area contributed by atoms with Crippen LogP contribution in [0.3, 0.4) is 0 Å². The minimum atomic E-state index is -3.73. The topological polar surface area (TPSA) is 102 Å².